The van der Waals surface area contributed by atoms with Gasteiger partial charge in [0, 0.05) is 30.4 Å². The Hall–Kier alpha value is -2.21. The highest BCUT2D eigenvalue weighted by molar-refractivity contribution is 5.94. The van der Waals surface area contributed by atoms with Crippen LogP contribution in [0.5, 0.6) is 5.75 Å². The van der Waals surface area contributed by atoms with Gasteiger partial charge in [-0.1, -0.05) is 0 Å². The zero-order valence-electron chi connectivity index (χ0n) is 10.9. The average Bonchev–Trinajstić information content (AvgIpc) is 2.48. The van der Waals surface area contributed by atoms with Crippen molar-refractivity contribution in [2.24, 2.45) is 0 Å². The van der Waals surface area contributed by atoms with Crippen molar-refractivity contribution in [1.82, 2.24) is 10.3 Å². The molecule has 1 atom stereocenters. The Morgan fingerprint density at radius 1 is 1.35 bits per heavy atom. The largest absolute Gasteiger partial charge is 0.488 e. The van der Waals surface area contributed by atoms with Crippen LogP contribution in [-0.2, 0) is 0 Å². The van der Waals surface area contributed by atoms with Crippen LogP contribution in [0.1, 0.15) is 12.8 Å². The highest BCUT2D eigenvalue weighted by Crippen LogP contribution is 2.33. The molecule has 3 rings (SSSR count). The van der Waals surface area contributed by atoms with Crippen LogP contribution in [0.4, 0.5) is 5.69 Å². The van der Waals surface area contributed by atoms with Crippen molar-refractivity contribution in [3.8, 4) is 5.75 Å². The SMILES string of the molecule is O=[N+]([O-])c1ccc(O[C@H]2CCCNC2)c2ccncc12. The van der Waals surface area contributed by atoms with Gasteiger partial charge in [-0.15, -0.1) is 0 Å². The van der Waals surface area contributed by atoms with E-state index in [1.165, 1.54) is 12.3 Å². The smallest absolute Gasteiger partial charge is 0.279 e. The minimum Gasteiger partial charge on any atom is -0.488 e. The fourth-order valence-electron chi connectivity index (χ4n) is 2.51. The van der Waals surface area contributed by atoms with Crippen molar-refractivity contribution >= 4 is 16.5 Å². The van der Waals surface area contributed by atoms with Gasteiger partial charge in [0.15, 0.2) is 0 Å². The molecule has 0 unspecified atom stereocenters. The summed E-state index contributed by atoms with van der Waals surface area (Å²) in [6.45, 7) is 1.83. The quantitative estimate of drug-likeness (QED) is 0.685. The first-order chi connectivity index (χ1) is 9.75. The van der Waals surface area contributed by atoms with E-state index < -0.39 is 4.92 Å². The summed E-state index contributed by atoms with van der Waals surface area (Å²) in [6, 6.07) is 4.92. The average molecular weight is 273 g/mol. The molecule has 6 heteroatoms. The molecule has 0 saturated carbocycles. The molecule has 0 aliphatic carbocycles. The van der Waals surface area contributed by atoms with Crippen molar-refractivity contribution in [3.05, 3.63) is 40.7 Å². The number of ether oxygens (including phenoxy) is 1. The number of nitrogens with one attached hydrogen (secondary N) is 1. The van der Waals surface area contributed by atoms with Crippen LogP contribution in [0.15, 0.2) is 30.6 Å². The summed E-state index contributed by atoms with van der Waals surface area (Å²) in [5.74, 6) is 0.682. The molecule has 1 aliphatic heterocycles. The molecule has 2 aromatic rings. The maximum absolute atomic E-state index is 11.0. The number of hydrogen-bond donors (Lipinski definition) is 1. The van der Waals surface area contributed by atoms with Crippen LogP contribution >= 0.6 is 0 Å². The third-order valence-electron chi connectivity index (χ3n) is 3.50. The van der Waals surface area contributed by atoms with E-state index in [2.05, 4.69) is 10.3 Å². The molecule has 1 aromatic carbocycles. The summed E-state index contributed by atoms with van der Waals surface area (Å²) in [6.07, 6.45) is 5.33. The fourth-order valence-corrected chi connectivity index (χ4v) is 2.51. The van der Waals surface area contributed by atoms with Gasteiger partial charge in [-0.3, -0.25) is 15.1 Å². The first kappa shape index (κ1) is 12.8. The summed E-state index contributed by atoms with van der Waals surface area (Å²) in [4.78, 5) is 14.6. The second-order valence-electron chi connectivity index (χ2n) is 4.85. The first-order valence-corrected chi connectivity index (χ1v) is 6.64. The predicted octanol–water partition coefficient (Wildman–Crippen LogP) is 2.27. The minimum absolute atomic E-state index is 0.0576. The Balaban J connectivity index is 1.99. The number of fused-ring (bicyclic) bond motifs is 1. The lowest BCUT2D eigenvalue weighted by Gasteiger charge is -2.24. The van der Waals surface area contributed by atoms with E-state index in [0.29, 0.717) is 11.1 Å². The van der Waals surface area contributed by atoms with Gasteiger partial charge < -0.3 is 10.1 Å². The Bertz CT molecular complexity index is 639. The van der Waals surface area contributed by atoms with Gasteiger partial charge in [-0.2, -0.15) is 0 Å². The van der Waals surface area contributed by atoms with E-state index in [-0.39, 0.29) is 11.8 Å². The van der Waals surface area contributed by atoms with Gasteiger partial charge in [-0.25, -0.2) is 0 Å². The van der Waals surface area contributed by atoms with Crippen LogP contribution in [0.25, 0.3) is 10.8 Å². The zero-order chi connectivity index (χ0) is 13.9. The van der Waals surface area contributed by atoms with Crippen LogP contribution in [-0.4, -0.2) is 29.1 Å². The van der Waals surface area contributed by atoms with Gasteiger partial charge in [0.05, 0.1) is 10.3 Å². The van der Waals surface area contributed by atoms with Crippen LogP contribution in [0.2, 0.25) is 0 Å². The second kappa shape index (κ2) is 5.42. The highest BCUT2D eigenvalue weighted by atomic mass is 16.6. The van der Waals surface area contributed by atoms with Crippen LogP contribution in [0.3, 0.4) is 0 Å². The molecule has 1 fully saturated rings. The number of rotatable bonds is 3. The number of nitro benzene ring substituents is 1. The number of pyridine rings is 1. The number of nitro groups is 1. The van der Waals surface area contributed by atoms with Gasteiger partial charge in [-0.05, 0) is 31.5 Å². The Morgan fingerprint density at radius 3 is 3.00 bits per heavy atom. The van der Waals surface area contributed by atoms with Crippen LogP contribution < -0.4 is 10.1 Å². The van der Waals surface area contributed by atoms with Gasteiger partial charge in [0.1, 0.15) is 11.9 Å². The summed E-state index contributed by atoms with van der Waals surface area (Å²) in [7, 11) is 0. The number of benzene rings is 1. The molecular weight excluding hydrogens is 258 g/mol. The topological polar surface area (TPSA) is 77.3 Å². The summed E-state index contributed by atoms with van der Waals surface area (Å²) in [5, 5.41) is 15.6. The molecule has 1 saturated heterocycles. The number of nitrogens with zero attached hydrogens (tertiary/aromatic N) is 2. The number of piperidine rings is 1. The zero-order valence-corrected chi connectivity index (χ0v) is 10.9. The number of non-ortho nitro benzene ring substituents is 1. The Labute approximate surface area is 115 Å². The molecule has 0 spiro atoms. The molecule has 0 amide bonds. The highest BCUT2D eigenvalue weighted by Gasteiger charge is 2.19. The standard InChI is InChI=1S/C14H15N3O3/c18-17(19)13-3-4-14(11-5-7-16-9-12(11)13)20-10-2-1-6-15-8-10/h3-5,7,9-10,15H,1-2,6,8H2/t10-/m0/s1. The lowest BCUT2D eigenvalue weighted by atomic mass is 10.1. The van der Waals surface area contributed by atoms with E-state index in [9.17, 15) is 10.1 Å². The second-order valence-corrected chi connectivity index (χ2v) is 4.85. The molecular formula is C14H15N3O3. The maximum Gasteiger partial charge on any atom is 0.279 e. The lowest BCUT2D eigenvalue weighted by Crippen LogP contribution is -2.37. The minimum atomic E-state index is -0.393. The first-order valence-electron chi connectivity index (χ1n) is 6.64. The van der Waals surface area contributed by atoms with Crippen molar-refractivity contribution < 1.29 is 9.66 Å². The van der Waals surface area contributed by atoms with E-state index in [4.69, 9.17) is 4.74 Å². The van der Waals surface area contributed by atoms with Crippen molar-refractivity contribution in [2.75, 3.05) is 13.1 Å². The van der Waals surface area contributed by atoms with Gasteiger partial charge >= 0.3 is 0 Å². The van der Waals surface area contributed by atoms with Crippen molar-refractivity contribution in [3.63, 3.8) is 0 Å². The number of aromatic nitrogens is 1. The lowest BCUT2D eigenvalue weighted by molar-refractivity contribution is -0.383. The molecule has 1 aromatic heterocycles. The summed E-state index contributed by atoms with van der Waals surface area (Å²) in [5.41, 5.74) is 0.0576. The molecule has 104 valence electrons. The molecule has 0 bridgehead atoms. The monoisotopic (exact) mass is 273 g/mol. The third-order valence-corrected chi connectivity index (χ3v) is 3.50. The molecule has 6 nitrogen and oxygen atoms in total. The molecule has 0 radical (unpaired) electrons. The maximum atomic E-state index is 11.0. The summed E-state index contributed by atoms with van der Waals surface area (Å²) >= 11 is 0. The van der Waals surface area contributed by atoms with E-state index in [1.54, 1.807) is 18.3 Å². The third kappa shape index (κ3) is 2.42. The Morgan fingerprint density at radius 2 is 2.25 bits per heavy atom. The van der Waals surface area contributed by atoms with E-state index in [1.807, 2.05) is 0 Å². The van der Waals surface area contributed by atoms with Gasteiger partial charge in [0.2, 0.25) is 0 Å². The summed E-state index contributed by atoms with van der Waals surface area (Å²) < 4.78 is 5.99. The van der Waals surface area contributed by atoms with Gasteiger partial charge in [0.25, 0.3) is 5.69 Å². The number of hydrogen-bond acceptors (Lipinski definition) is 5. The van der Waals surface area contributed by atoms with E-state index >= 15 is 0 Å². The molecule has 20 heavy (non-hydrogen) atoms. The fraction of sp³-hybridized carbons (Fsp3) is 0.357. The van der Waals surface area contributed by atoms with E-state index in [0.717, 1.165) is 31.3 Å². The predicted molar refractivity (Wildman–Crippen MR) is 74.9 cm³/mol. The Kier molecular flexibility index (Phi) is 3.47. The molecule has 1 N–H and O–H groups in total. The van der Waals surface area contributed by atoms with Crippen LogP contribution in [0, 0.1) is 10.1 Å². The van der Waals surface area contributed by atoms with Crippen molar-refractivity contribution in [2.45, 2.75) is 18.9 Å². The molecule has 2 heterocycles. The van der Waals surface area contributed by atoms with Crippen molar-refractivity contribution in [1.29, 1.82) is 0 Å². The normalized spacial score (nSPS) is 18.9. The molecule has 1 aliphatic rings.